The van der Waals surface area contributed by atoms with E-state index in [1.807, 2.05) is 0 Å². The number of aromatic hydroxyl groups is 1. The molecular formula is C15H15N3O5S. The molecule has 126 valence electrons. The number of carbonyl (C=O) groups is 3. The number of carboxylic acid groups (broad SMARTS) is 1. The zero-order valence-corrected chi connectivity index (χ0v) is 13.2. The van der Waals surface area contributed by atoms with E-state index in [2.05, 4.69) is 5.32 Å². The Hall–Kier alpha value is -2.52. The largest absolute Gasteiger partial charge is 0.508 e. The molecule has 1 aromatic rings. The number of benzene rings is 1. The number of hydrogen-bond acceptors (Lipinski definition) is 6. The molecule has 0 radical (unpaired) electrons. The molecule has 1 unspecified atom stereocenters. The molecule has 1 fully saturated rings. The number of nitrogens with one attached hydrogen (secondary N) is 1. The van der Waals surface area contributed by atoms with Crippen LogP contribution in [0.5, 0.6) is 5.75 Å². The molecule has 1 saturated heterocycles. The summed E-state index contributed by atoms with van der Waals surface area (Å²) in [5.74, 6) is -1.66. The highest BCUT2D eigenvalue weighted by Gasteiger charge is 2.52. The maximum absolute atomic E-state index is 12.3. The van der Waals surface area contributed by atoms with E-state index in [0.29, 0.717) is 11.3 Å². The highest BCUT2D eigenvalue weighted by atomic mass is 32.2. The van der Waals surface area contributed by atoms with Gasteiger partial charge in [-0.25, -0.2) is 4.79 Å². The van der Waals surface area contributed by atoms with E-state index >= 15 is 0 Å². The molecule has 0 bridgehead atoms. The van der Waals surface area contributed by atoms with Gasteiger partial charge in [0.15, 0.2) is 0 Å². The maximum atomic E-state index is 12.3. The summed E-state index contributed by atoms with van der Waals surface area (Å²) < 4.78 is 0. The summed E-state index contributed by atoms with van der Waals surface area (Å²) in [7, 11) is 0. The molecule has 0 aliphatic carbocycles. The first kappa shape index (κ1) is 16.3. The second-order valence-corrected chi connectivity index (χ2v) is 6.53. The van der Waals surface area contributed by atoms with Crippen LogP contribution in [-0.4, -0.2) is 50.1 Å². The number of fused-ring (bicyclic) bond motifs is 1. The lowest BCUT2D eigenvalue weighted by atomic mass is 10.0. The van der Waals surface area contributed by atoms with Crippen LogP contribution in [0.2, 0.25) is 0 Å². The number of rotatable bonds is 4. The number of carbonyl (C=O) groups excluding carboxylic acids is 2. The third-order valence-electron chi connectivity index (χ3n) is 3.90. The molecule has 3 atom stereocenters. The van der Waals surface area contributed by atoms with Crippen LogP contribution in [0.15, 0.2) is 36.0 Å². The van der Waals surface area contributed by atoms with Crippen LogP contribution in [0.4, 0.5) is 0 Å². The van der Waals surface area contributed by atoms with Crippen LogP contribution in [0.25, 0.3) is 0 Å². The average molecular weight is 349 g/mol. The molecule has 2 heterocycles. The van der Waals surface area contributed by atoms with Crippen molar-refractivity contribution < 1.29 is 24.6 Å². The van der Waals surface area contributed by atoms with Gasteiger partial charge in [-0.1, -0.05) is 12.1 Å². The fraction of sp³-hybridized carbons (Fsp3) is 0.267. The Bertz CT molecular complexity index is 733. The maximum Gasteiger partial charge on any atom is 0.352 e. The number of aliphatic carboxylic acids is 1. The predicted octanol–water partition coefficient (Wildman–Crippen LogP) is -0.240. The Balaban J connectivity index is 1.68. The van der Waals surface area contributed by atoms with Crippen molar-refractivity contribution in [2.75, 3.05) is 5.75 Å². The molecule has 24 heavy (non-hydrogen) atoms. The normalized spacial score (nSPS) is 23.6. The van der Waals surface area contributed by atoms with Crippen LogP contribution < -0.4 is 11.1 Å². The van der Waals surface area contributed by atoms with Crippen molar-refractivity contribution in [3.63, 3.8) is 0 Å². The topological polar surface area (TPSA) is 133 Å². The van der Waals surface area contributed by atoms with Crippen molar-refractivity contribution in [1.29, 1.82) is 0 Å². The number of amides is 2. The second-order valence-electron chi connectivity index (χ2n) is 5.38. The molecule has 5 N–H and O–H groups in total. The molecular weight excluding hydrogens is 334 g/mol. The van der Waals surface area contributed by atoms with E-state index in [0.717, 1.165) is 0 Å². The first-order valence-electron chi connectivity index (χ1n) is 7.13. The van der Waals surface area contributed by atoms with Crippen LogP contribution >= 0.6 is 11.8 Å². The van der Waals surface area contributed by atoms with Crippen molar-refractivity contribution in [3.8, 4) is 5.75 Å². The minimum absolute atomic E-state index is 0.0581. The number of phenols is 1. The fourth-order valence-corrected chi connectivity index (χ4v) is 3.81. The van der Waals surface area contributed by atoms with Gasteiger partial charge >= 0.3 is 5.97 Å². The molecule has 0 aromatic heterocycles. The zero-order valence-electron chi connectivity index (χ0n) is 12.4. The van der Waals surface area contributed by atoms with Crippen LogP contribution in [0.3, 0.4) is 0 Å². The van der Waals surface area contributed by atoms with Gasteiger partial charge in [0.05, 0.1) is 0 Å². The van der Waals surface area contributed by atoms with E-state index in [1.54, 1.807) is 0 Å². The lowest BCUT2D eigenvalue weighted by Crippen LogP contribution is -2.70. The summed E-state index contributed by atoms with van der Waals surface area (Å²) in [5, 5.41) is 20.5. The highest BCUT2D eigenvalue weighted by molar-refractivity contribution is 8.00. The number of thioether (sulfide) groups is 1. The van der Waals surface area contributed by atoms with Gasteiger partial charge in [0.2, 0.25) is 5.91 Å². The quantitative estimate of drug-likeness (QED) is 0.551. The van der Waals surface area contributed by atoms with Crippen LogP contribution in [0.1, 0.15) is 11.6 Å². The lowest BCUT2D eigenvalue weighted by Gasteiger charge is -2.48. The smallest absolute Gasteiger partial charge is 0.352 e. The molecule has 2 aliphatic rings. The Morgan fingerprint density at radius 1 is 1.33 bits per heavy atom. The fourth-order valence-electron chi connectivity index (χ4n) is 2.61. The SMILES string of the molecule is N[C@@H](C(=O)NC1C(=O)N2C(C(=O)O)=CCS[C@H]12)c1ccc(O)cc1. The average Bonchev–Trinajstić information content (AvgIpc) is 2.58. The van der Waals surface area contributed by atoms with E-state index in [9.17, 15) is 19.5 Å². The molecule has 8 nitrogen and oxygen atoms in total. The summed E-state index contributed by atoms with van der Waals surface area (Å²) in [6, 6.07) is 4.09. The molecule has 3 rings (SSSR count). The van der Waals surface area contributed by atoms with Gasteiger partial charge in [0.25, 0.3) is 5.91 Å². The third-order valence-corrected chi connectivity index (χ3v) is 5.08. The van der Waals surface area contributed by atoms with Gasteiger partial charge in [0.1, 0.15) is 28.9 Å². The summed E-state index contributed by atoms with van der Waals surface area (Å²) in [5.41, 5.74) is 6.31. The van der Waals surface area contributed by atoms with Crippen molar-refractivity contribution in [3.05, 3.63) is 41.6 Å². The van der Waals surface area contributed by atoms with Crippen LogP contribution in [0, 0.1) is 0 Å². The summed E-state index contributed by atoms with van der Waals surface area (Å²) in [6.07, 6.45) is 1.47. The minimum atomic E-state index is -1.17. The Morgan fingerprint density at radius 2 is 2.00 bits per heavy atom. The molecule has 1 aromatic carbocycles. The van der Waals surface area contributed by atoms with E-state index in [1.165, 1.54) is 47.0 Å². The first-order chi connectivity index (χ1) is 11.4. The predicted molar refractivity (Wildman–Crippen MR) is 85.8 cm³/mol. The van der Waals surface area contributed by atoms with Crippen molar-refractivity contribution >= 4 is 29.5 Å². The Morgan fingerprint density at radius 3 is 2.62 bits per heavy atom. The number of phenolic OH excluding ortho intramolecular Hbond substituents is 1. The van der Waals surface area contributed by atoms with E-state index < -0.39 is 35.2 Å². The number of hydrogen-bond donors (Lipinski definition) is 4. The molecule has 2 aliphatic heterocycles. The zero-order chi connectivity index (χ0) is 17.4. The summed E-state index contributed by atoms with van der Waals surface area (Å²) >= 11 is 1.37. The van der Waals surface area contributed by atoms with Crippen molar-refractivity contribution in [2.24, 2.45) is 5.73 Å². The Labute approximate surface area is 141 Å². The Kier molecular flexibility index (Phi) is 4.20. The van der Waals surface area contributed by atoms with Crippen molar-refractivity contribution in [1.82, 2.24) is 10.2 Å². The van der Waals surface area contributed by atoms with Gasteiger partial charge in [-0.3, -0.25) is 14.5 Å². The number of nitrogens with zero attached hydrogens (tertiary/aromatic N) is 1. The second kappa shape index (κ2) is 6.17. The third kappa shape index (κ3) is 2.72. The van der Waals surface area contributed by atoms with Gasteiger partial charge in [-0.2, -0.15) is 0 Å². The van der Waals surface area contributed by atoms with Gasteiger partial charge in [-0.05, 0) is 23.8 Å². The number of β-lactam (4-membered cyclic amide) rings is 1. The first-order valence-corrected chi connectivity index (χ1v) is 8.18. The molecule has 2 amide bonds. The summed E-state index contributed by atoms with van der Waals surface area (Å²) in [4.78, 5) is 36.7. The number of carboxylic acids is 1. The highest BCUT2D eigenvalue weighted by Crippen LogP contribution is 2.37. The van der Waals surface area contributed by atoms with Gasteiger partial charge < -0.3 is 21.3 Å². The summed E-state index contributed by atoms with van der Waals surface area (Å²) in [6.45, 7) is 0. The minimum Gasteiger partial charge on any atom is -0.508 e. The van der Waals surface area contributed by atoms with E-state index in [-0.39, 0.29) is 11.4 Å². The number of nitrogens with two attached hydrogens (primary N) is 1. The molecule has 0 saturated carbocycles. The standard InChI is InChI=1S/C15H15N3O5S/c16-10(7-1-3-8(19)4-2-7)12(20)17-11-13(21)18-9(15(22)23)5-6-24-14(11)18/h1-5,10-11,14,19H,6,16H2,(H,17,20)(H,22,23)/t10-,11?,14-/m1/s1. The molecule has 9 heteroatoms. The van der Waals surface area contributed by atoms with E-state index in [4.69, 9.17) is 10.8 Å². The van der Waals surface area contributed by atoms with Crippen molar-refractivity contribution in [2.45, 2.75) is 17.5 Å². The van der Waals surface area contributed by atoms with Gasteiger partial charge in [-0.15, -0.1) is 11.8 Å². The molecule has 0 spiro atoms. The monoisotopic (exact) mass is 349 g/mol. The lowest BCUT2D eigenvalue weighted by molar-refractivity contribution is -0.150. The van der Waals surface area contributed by atoms with Gasteiger partial charge in [0, 0.05) is 5.75 Å². The van der Waals surface area contributed by atoms with Crippen LogP contribution in [-0.2, 0) is 14.4 Å².